The molecule has 25 heavy (non-hydrogen) atoms. The maximum absolute atomic E-state index is 12.2. The van der Waals surface area contributed by atoms with Gasteiger partial charge in [-0.3, -0.25) is 4.79 Å². The molecule has 0 aliphatic heterocycles. The molecular weight excluding hydrogens is 320 g/mol. The third kappa shape index (κ3) is 2.78. The predicted octanol–water partition coefficient (Wildman–Crippen LogP) is 2.83. The Morgan fingerprint density at radius 3 is 2.72 bits per heavy atom. The lowest BCUT2D eigenvalue weighted by Gasteiger charge is -2.09. The quantitative estimate of drug-likeness (QED) is 0.601. The first-order valence-electron chi connectivity index (χ1n) is 7.51. The van der Waals surface area contributed by atoms with Gasteiger partial charge in [-0.25, -0.2) is 14.8 Å². The molecule has 0 radical (unpaired) electrons. The number of nitrogens with one attached hydrogen (secondary N) is 2. The number of aromatic nitrogens is 3. The van der Waals surface area contributed by atoms with E-state index in [1.807, 2.05) is 0 Å². The minimum atomic E-state index is -0.477. The van der Waals surface area contributed by atoms with E-state index in [0.29, 0.717) is 27.8 Å². The number of amides is 1. The van der Waals surface area contributed by atoms with E-state index in [4.69, 9.17) is 4.42 Å². The van der Waals surface area contributed by atoms with Gasteiger partial charge in [0.15, 0.2) is 0 Å². The summed E-state index contributed by atoms with van der Waals surface area (Å²) in [5.74, 6) is -0.211. The average Bonchev–Trinajstić information content (AvgIpc) is 3.17. The Hall–Kier alpha value is -3.74. The first kappa shape index (κ1) is 14.8. The van der Waals surface area contributed by atoms with E-state index in [0.717, 1.165) is 0 Å². The molecule has 2 heterocycles. The largest absolute Gasteiger partial charge is 0.403 e. The Kier molecular flexibility index (Phi) is 3.59. The molecule has 0 aliphatic carbocycles. The number of hydrogen-bond acceptors (Lipinski definition) is 5. The summed E-state index contributed by atoms with van der Waals surface area (Å²) in [5.41, 5.74) is 1.37. The molecule has 4 rings (SSSR count). The van der Waals surface area contributed by atoms with E-state index in [1.54, 1.807) is 48.5 Å². The fourth-order valence-electron chi connectivity index (χ4n) is 2.48. The number of fused-ring (bicyclic) bond motifs is 1. The summed E-state index contributed by atoms with van der Waals surface area (Å²) in [7, 11) is 0. The topological polar surface area (TPSA) is 101 Å². The van der Waals surface area contributed by atoms with Gasteiger partial charge in [0.1, 0.15) is 5.69 Å². The number of carbonyl (C=O) groups is 1. The second-order valence-electron chi connectivity index (χ2n) is 5.29. The summed E-state index contributed by atoms with van der Waals surface area (Å²) in [6.07, 6.45) is 2.84. The Bertz CT molecular complexity index is 1120. The second-order valence-corrected chi connectivity index (χ2v) is 5.29. The standard InChI is InChI=1S/C18H12N4O3/c23-16(15-9-19-10-20-15)21-13-7-3-1-5-11(13)17-22-14-8-4-2-6-12(14)18(24)25-17/h1-10H,(H,19,20)(H,21,23). The van der Waals surface area contributed by atoms with Crippen LogP contribution in [0.2, 0.25) is 0 Å². The molecule has 0 saturated heterocycles. The Morgan fingerprint density at radius 2 is 1.88 bits per heavy atom. The lowest BCUT2D eigenvalue weighted by atomic mass is 10.1. The lowest BCUT2D eigenvalue weighted by Crippen LogP contribution is -2.13. The fourth-order valence-corrected chi connectivity index (χ4v) is 2.48. The van der Waals surface area contributed by atoms with Gasteiger partial charge >= 0.3 is 5.63 Å². The van der Waals surface area contributed by atoms with E-state index < -0.39 is 5.63 Å². The summed E-state index contributed by atoms with van der Waals surface area (Å²) >= 11 is 0. The molecule has 0 unspecified atom stereocenters. The molecule has 0 atom stereocenters. The number of para-hydroxylation sites is 2. The first-order chi connectivity index (χ1) is 12.2. The van der Waals surface area contributed by atoms with Gasteiger partial charge in [-0.1, -0.05) is 24.3 Å². The van der Waals surface area contributed by atoms with Crippen LogP contribution >= 0.6 is 0 Å². The maximum atomic E-state index is 12.2. The molecule has 0 bridgehead atoms. The van der Waals surface area contributed by atoms with Crippen molar-refractivity contribution in [1.29, 1.82) is 0 Å². The molecule has 0 spiro atoms. The van der Waals surface area contributed by atoms with Crippen molar-refractivity contribution >= 4 is 22.5 Å². The van der Waals surface area contributed by atoms with Crippen LogP contribution in [-0.4, -0.2) is 20.9 Å². The SMILES string of the molecule is O=C(Nc1ccccc1-c1nc2ccccc2c(=O)o1)c1cnc[nH]1. The van der Waals surface area contributed by atoms with E-state index >= 15 is 0 Å². The van der Waals surface area contributed by atoms with Crippen LogP contribution in [-0.2, 0) is 0 Å². The molecule has 0 fully saturated rings. The number of H-pyrrole nitrogens is 1. The van der Waals surface area contributed by atoms with Gasteiger partial charge in [0.05, 0.1) is 34.7 Å². The van der Waals surface area contributed by atoms with Crippen molar-refractivity contribution in [1.82, 2.24) is 15.0 Å². The van der Waals surface area contributed by atoms with Gasteiger partial charge in [-0.15, -0.1) is 0 Å². The van der Waals surface area contributed by atoms with Crippen LogP contribution < -0.4 is 10.9 Å². The van der Waals surface area contributed by atoms with Crippen molar-refractivity contribution in [2.24, 2.45) is 0 Å². The van der Waals surface area contributed by atoms with Crippen molar-refractivity contribution in [3.8, 4) is 11.5 Å². The molecule has 7 nitrogen and oxygen atoms in total. The maximum Gasteiger partial charge on any atom is 0.347 e. The van der Waals surface area contributed by atoms with Crippen LogP contribution in [0.5, 0.6) is 0 Å². The van der Waals surface area contributed by atoms with E-state index in [9.17, 15) is 9.59 Å². The highest BCUT2D eigenvalue weighted by Crippen LogP contribution is 2.27. The van der Waals surface area contributed by atoms with Gasteiger partial charge < -0.3 is 14.7 Å². The van der Waals surface area contributed by atoms with Crippen LogP contribution in [0.3, 0.4) is 0 Å². The smallest absolute Gasteiger partial charge is 0.347 e. The highest BCUT2D eigenvalue weighted by molar-refractivity contribution is 6.04. The second kappa shape index (κ2) is 6.04. The third-order valence-electron chi connectivity index (χ3n) is 3.68. The molecule has 7 heteroatoms. The molecule has 0 saturated carbocycles. The van der Waals surface area contributed by atoms with Gasteiger partial charge in [0.2, 0.25) is 5.89 Å². The van der Waals surface area contributed by atoms with Crippen molar-refractivity contribution < 1.29 is 9.21 Å². The van der Waals surface area contributed by atoms with Crippen LogP contribution in [0.25, 0.3) is 22.4 Å². The number of hydrogen-bond donors (Lipinski definition) is 2. The summed E-state index contributed by atoms with van der Waals surface area (Å²) in [5, 5.41) is 3.17. The highest BCUT2D eigenvalue weighted by Gasteiger charge is 2.15. The monoisotopic (exact) mass is 332 g/mol. The molecule has 2 N–H and O–H groups in total. The van der Waals surface area contributed by atoms with Crippen molar-refractivity contribution in [3.63, 3.8) is 0 Å². The minimum Gasteiger partial charge on any atom is -0.403 e. The normalized spacial score (nSPS) is 10.7. The molecule has 1 amide bonds. The highest BCUT2D eigenvalue weighted by atomic mass is 16.4. The number of aromatic amines is 1. The van der Waals surface area contributed by atoms with Crippen LogP contribution in [0.4, 0.5) is 5.69 Å². The van der Waals surface area contributed by atoms with Gasteiger partial charge in [-0.2, -0.15) is 0 Å². The summed E-state index contributed by atoms with van der Waals surface area (Å²) in [4.78, 5) is 35.4. The van der Waals surface area contributed by atoms with E-state index in [2.05, 4.69) is 20.3 Å². The summed E-state index contributed by atoms with van der Waals surface area (Å²) in [6.45, 7) is 0. The van der Waals surface area contributed by atoms with E-state index in [-0.39, 0.29) is 11.8 Å². The van der Waals surface area contributed by atoms with Crippen LogP contribution in [0.1, 0.15) is 10.5 Å². The molecule has 2 aromatic carbocycles. The third-order valence-corrected chi connectivity index (χ3v) is 3.68. The van der Waals surface area contributed by atoms with Gasteiger partial charge in [0.25, 0.3) is 5.91 Å². The fraction of sp³-hybridized carbons (Fsp3) is 0. The lowest BCUT2D eigenvalue weighted by molar-refractivity contribution is 0.102. The zero-order valence-electron chi connectivity index (χ0n) is 12.9. The molecule has 2 aromatic heterocycles. The number of imidazole rings is 1. The number of anilines is 1. The number of benzene rings is 2. The van der Waals surface area contributed by atoms with Crippen molar-refractivity contribution in [2.75, 3.05) is 5.32 Å². The minimum absolute atomic E-state index is 0.143. The van der Waals surface area contributed by atoms with Crippen molar-refractivity contribution in [3.05, 3.63) is 77.2 Å². The number of rotatable bonds is 3. The zero-order valence-corrected chi connectivity index (χ0v) is 12.9. The first-order valence-corrected chi connectivity index (χ1v) is 7.51. The Morgan fingerprint density at radius 1 is 1.08 bits per heavy atom. The van der Waals surface area contributed by atoms with Crippen LogP contribution in [0, 0.1) is 0 Å². The summed E-state index contributed by atoms with van der Waals surface area (Å²) < 4.78 is 5.35. The van der Waals surface area contributed by atoms with Gasteiger partial charge in [-0.05, 0) is 24.3 Å². The van der Waals surface area contributed by atoms with Gasteiger partial charge in [0, 0.05) is 0 Å². The van der Waals surface area contributed by atoms with E-state index in [1.165, 1.54) is 12.5 Å². The molecular formula is C18H12N4O3. The summed E-state index contributed by atoms with van der Waals surface area (Å²) in [6, 6.07) is 13.9. The Balaban J connectivity index is 1.79. The predicted molar refractivity (Wildman–Crippen MR) is 92.3 cm³/mol. The number of carbonyl (C=O) groups excluding carboxylic acids is 1. The molecule has 122 valence electrons. The van der Waals surface area contributed by atoms with Crippen molar-refractivity contribution in [2.45, 2.75) is 0 Å². The molecule has 0 aliphatic rings. The zero-order chi connectivity index (χ0) is 17.2. The molecule has 4 aromatic rings. The number of nitrogens with zero attached hydrogens (tertiary/aromatic N) is 2. The van der Waals surface area contributed by atoms with Crippen LogP contribution in [0.15, 0.2) is 70.3 Å². The Labute approximate surface area is 141 Å². The average molecular weight is 332 g/mol.